The molecule has 3 heterocycles. The second-order valence-electron chi connectivity index (χ2n) is 10.0. The SMILES string of the molecule is CN(C)CCCOC(=O)c1c(C2=CC=CCC2=O)c2c3occc3c(F)cc2n1Cc1cc2[nH]cnc2cc1Cl. The summed E-state index contributed by atoms with van der Waals surface area (Å²) in [5.41, 5.74) is 3.61. The van der Waals surface area contributed by atoms with Crippen molar-refractivity contribution in [2.24, 2.45) is 0 Å². The van der Waals surface area contributed by atoms with Gasteiger partial charge in [-0.15, -0.1) is 0 Å². The molecule has 0 aliphatic heterocycles. The number of H-pyrrole nitrogens is 1. The molecule has 0 fully saturated rings. The highest BCUT2D eigenvalue weighted by Gasteiger charge is 2.32. The molecule has 0 radical (unpaired) electrons. The van der Waals surface area contributed by atoms with Crippen LogP contribution in [0.5, 0.6) is 0 Å². The third-order valence-corrected chi connectivity index (χ3v) is 7.43. The van der Waals surface area contributed by atoms with Gasteiger partial charge in [0.1, 0.15) is 17.1 Å². The first-order valence-corrected chi connectivity index (χ1v) is 13.3. The predicted molar refractivity (Wildman–Crippen MR) is 152 cm³/mol. The lowest BCUT2D eigenvalue weighted by molar-refractivity contribution is -0.113. The number of ether oxygens (including phenoxy) is 1. The molecule has 0 saturated carbocycles. The number of nitrogens with one attached hydrogen (secondary N) is 1. The minimum absolute atomic E-state index is 0.107. The van der Waals surface area contributed by atoms with Crippen LogP contribution in [0.3, 0.4) is 0 Å². The topological polar surface area (TPSA) is 93.4 Å². The van der Waals surface area contributed by atoms with Crippen molar-refractivity contribution in [3.8, 4) is 0 Å². The molecule has 0 amide bonds. The maximum absolute atomic E-state index is 15.4. The van der Waals surface area contributed by atoms with Gasteiger partial charge in [0.15, 0.2) is 5.78 Å². The highest BCUT2D eigenvalue weighted by molar-refractivity contribution is 6.32. The summed E-state index contributed by atoms with van der Waals surface area (Å²) in [7, 11) is 3.88. The average molecular weight is 561 g/mol. The highest BCUT2D eigenvalue weighted by Crippen LogP contribution is 2.41. The van der Waals surface area contributed by atoms with Gasteiger partial charge in [0, 0.05) is 35.7 Å². The molecule has 6 rings (SSSR count). The number of carbonyl (C=O) groups excluding carboxylic acids is 2. The van der Waals surface area contributed by atoms with Crippen LogP contribution in [0.15, 0.2) is 59.5 Å². The molecule has 0 unspecified atom stereocenters. The van der Waals surface area contributed by atoms with Crippen LogP contribution in [0, 0.1) is 5.82 Å². The quantitative estimate of drug-likeness (QED) is 0.181. The van der Waals surface area contributed by atoms with E-state index in [0.717, 1.165) is 12.1 Å². The summed E-state index contributed by atoms with van der Waals surface area (Å²) in [5, 5.41) is 1.16. The van der Waals surface area contributed by atoms with Crippen molar-refractivity contribution in [1.29, 1.82) is 0 Å². The van der Waals surface area contributed by atoms with Gasteiger partial charge < -0.3 is 23.6 Å². The van der Waals surface area contributed by atoms with Gasteiger partial charge in [0.2, 0.25) is 0 Å². The van der Waals surface area contributed by atoms with Crippen LogP contribution in [0.1, 0.15) is 34.5 Å². The van der Waals surface area contributed by atoms with E-state index in [4.69, 9.17) is 20.8 Å². The number of Topliss-reactive ketones (excluding diaryl/α,β-unsaturated/α-hetero) is 1. The molecule has 0 saturated heterocycles. The second-order valence-corrected chi connectivity index (χ2v) is 10.4. The zero-order chi connectivity index (χ0) is 28.0. The van der Waals surface area contributed by atoms with E-state index in [-0.39, 0.29) is 42.0 Å². The smallest absolute Gasteiger partial charge is 0.355 e. The van der Waals surface area contributed by atoms with Gasteiger partial charge in [-0.1, -0.05) is 29.8 Å². The van der Waals surface area contributed by atoms with Crippen LogP contribution < -0.4 is 0 Å². The first kappa shape index (κ1) is 26.0. The van der Waals surface area contributed by atoms with Crippen molar-refractivity contribution in [2.75, 3.05) is 27.2 Å². The van der Waals surface area contributed by atoms with E-state index >= 15 is 4.39 Å². The predicted octanol–water partition coefficient (Wildman–Crippen LogP) is 6.13. The van der Waals surface area contributed by atoms with Crippen molar-refractivity contribution < 1.29 is 23.1 Å². The van der Waals surface area contributed by atoms with E-state index in [1.165, 1.54) is 18.4 Å². The Hall–Kier alpha value is -4.21. The molecule has 8 nitrogen and oxygen atoms in total. The van der Waals surface area contributed by atoms with Crippen molar-refractivity contribution in [1.82, 2.24) is 19.4 Å². The molecule has 0 spiro atoms. The standard InChI is InChI=1S/C30H26ClFN4O4/c1-35(2)9-5-10-40-30(38)28-26(19-6-3-4-7-25(19)37)27-24(14-21(32)18-8-11-39-29(18)27)36(28)15-17-12-22-23(13-20(17)31)34-16-33-22/h3-4,6,8,11-14,16H,5,7,9-10,15H2,1-2H3,(H,33,34). The molecule has 204 valence electrons. The average Bonchev–Trinajstić information content (AvgIpc) is 3.65. The normalized spacial score (nSPS) is 13.7. The number of fused-ring (bicyclic) bond motifs is 4. The zero-order valence-electron chi connectivity index (χ0n) is 22.0. The molecule has 1 aliphatic rings. The van der Waals surface area contributed by atoms with Crippen LogP contribution in [0.25, 0.3) is 38.5 Å². The Balaban J connectivity index is 1.61. The van der Waals surface area contributed by atoms with E-state index < -0.39 is 11.8 Å². The number of nitrogens with zero attached hydrogens (tertiary/aromatic N) is 3. The lowest BCUT2D eigenvalue weighted by Gasteiger charge is -2.15. The number of aromatic amines is 1. The number of carbonyl (C=O) groups is 2. The third kappa shape index (κ3) is 4.51. The van der Waals surface area contributed by atoms with Crippen LogP contribution in [0.2, 0.25) is 5.02 Å². The monoisotopic (exact) mass is 560 g/mol. The summed E-state index contributed by atoms with van der Waals surface area (Å²) in [5.74, 6) is -1.29. The molecule has 10 heteroatoms. The minimum atomic E-state index is -0.618. The lowest BCUT2D eigenvalue weighted by Crippen LogP contribution is -2.19. The van der Waals surface area contributed by atoms with E-state index in [0.29, 0.717) is 44.6 Å². The van der Waals surface area contributed by atoms with Crippen molar-refractivity contribution >= 4 is 61.8 Å². The first-order valence-electron chi connectivity index (χ1n) is 12.9. The fraction of sp³-hybridized carbons (Fsp3) is 0.233. The Morgan fingerprint density at radius 2 is 2.15 bits per heavy atom. The molecule has 3 aromatic heterocycles. The summed E-state index contributed by atoms with van der Waals surface area (Å²) in [6.07, 6.45) is 8.98. The minimum Gasteiger partial charge on any atom is -0.463 e. The fourth-order valence-corrected chi connectivity index (χ4v) is 5.43. The molecule has 1 aliphatic carbocycles. The van der Waals surface area contributed by atoms with Crippen LogP contribution in [0.4, 0.5) is 4.39 Å². The number of esters is 1. The molecule has 2 aromatic carbocycles. The largest absolute Gasteiger partial charge is 0.463 e. The van der Waals surface area contributed by atoms with Gasteiger partial charge in [0.05, 0.1) is 46.5 Å². The van der Waals surface area contributed by atoms with Crippen molar-refractivity contribution in [2.45, 2.75) is 19.4 Å². The van der Waals surface area contributed by atoms with Crippen LogP contribution in [-0.4, -0.2) is 58.4 Å². The molecule has 0 bridgehead atoms. The number of hydrogen-bond donors (Lipinski definition) is 1. The Kier molecular flexibility index (Phi) is 6.77. The summed E-state index contributed by atoms with van der Waals surface area (Å²) in [6, 6.07) is 6.48. The van der Waals surface area contributed by atoms with Gasteiger partial charge in [-0.25, -0.2) is 14.2 Å². The number of allylic oxidation sites excluding steroid dienone is 4. The Morgan fingerprint density at radius 3 is 2.95 bits per heavy atom. The van der Waals surface area contributed by atoms with E-state index in [9.17, 15) is 9.59 Å². The molecule has 40 heavy (non-hydrogen) atoms. The number of hydrogen-bond acceptors (Lipinski definition) is 6. The van der Waals surface area contributed by atoms with Gasteiger partial charge in [-0.2, -0.15) is 0 Å². The van der Waals surface area contributed by atoms with Gasteiger partial charge >= 0.3 is 5.97 Å². The van der Waals surface area contributed by atoms with E-state index in [1.807, 2.05) is 25.1 Å². The summed E-state index contributed by atoms with van der Waals surface area (Å²) >= 11 is 6.66. The highest BCUT2D eigenvalue weighted by atomic mass is 35.5. The summed E-state index contributed by atoms with van der Waals surface area (Å²) in [6.45, 7) is 1.02. The van der Waals surface area contributed by atoms with Crippen molar-refractivity contribution in [3.05, 3.63) is 82.7 Å². The number of aromatic nitrogens is 3. The second kappa shape index (κ2) is 10.4. The Morgan fingerprint density at radius 1 is 1.30 bits per heavy atom. The van der Waals surface area contributed by atoms with Gasteiger partial charge in [-0.05, 0) is 50.3 Å². The fourth-order valence-electron chi connectivity index (χ4n) is 5.22. The zero-order valence-corrected chi connectivity index (χ0v) is 22.7. The Labute approximate surface area is 233 Å². The van der Waals surface area contributed by atoms with Crippen LogP contribution in [-0.2, 0) is 16.1 Å². The number of furan rings is 1. The number of ketones is 1. The van der Waals surface area contributed by atoms with Crippen molar-refractivity contribution in [3.63, 3.8) is 0 Å². The van der Waals surface area contributed by atoms with Gasteiger partial charge in [-0.3, -0.25) is 4.79 Å². The lowest BCUT2D eigenvalue weighted by atomic mass is 9.93. The number of halogens is 2. The summed E-state index contributed by atoms with van der Waals surface area (Å²) < 4.78 is 28.6. The number of rotatable bonds is 8. The molecular weight excluding hydrogens is 535 g/mol. The van der Waals surface area contributed by atoms with E-state index in [2.05, 4.69) is 9.97 Å². The van der Waals surface area contributed by atoms with Crippen LogP contribution >= 0.6 is 11.6 Å². The third-order valence-electron chi connectivity index (χ3n) is 7.08. The maximum atomic E-state index is 15.4. The molecule has 5 aromatic rings. The number of imidazole rings is 1. The Bertz CT molecular complexity index is 1860. The molecule has 0 atom stereocenters. The maximum Gasteiger partial charge on any atom is 0.355 e. The first-order chi connectivity index (χ1) is 19.3. The van der Waals surface area contributed by atoms with E-state index in [1.54, 1.807) is 35.2 Å². The molecular formula is C30H26ClFN4O4. The summed E-state index contributed by atoms with van der Waals surface area (Å²) in [4.78, 5) is 36.4. The molecule has 1 N–H and O–H groups in total. The number of benzene rings is 2. The van der Waals surface area contributed by atoms with Gasteiger partial charge in [0.25, 0.3) is 0 Å².